The number of Topliss-reactive ketones (excluding diaryl/α,β-unsaturated/α-hetero) is 3. The molecule has 0 unspecified atom stereocenters. The molecule has 2 aromatic rings. The molecule has 2 aliphatic rings. The number of H-pyrrole nitrogens is 1. The number of carbonyl (C=O) groups excluding carboxylic acids is 5. The summed E-state index contributed by atoms with van der Waals surface area (Å²) in [6, 6.07) is 8.30. The average Bonchev–Trinajstić information content (AvgIpc) is 3.44. The summed E-state index contributed by atoms with van der Waals surface area (Å²) >= 11 is 0. The number of aromatic nitrogens is 1. The molecule has 38 heavy (non-hydrogen) atoms. The number of benzene rings is 1. The van der Waals surface area contributed by atoms with Crippen molar-refractivity contribution in [3.8, 4) is 0 Å². The van der Waals surface area contributed by atoms with Crippen molar-refractivity contribution in [2.75, 3.05) is 0 Å². The van der Waals surface area contributed by atoms with Gasteiger partial charge in [-0.15, -0.1) is 0 Å². The molecule has 1 aromatic heterocycles. The summed E-state index contributed by atoms with van der Waals surface area (Å²) in [5.74, 6) is -2.67. The lowest BCUT2D eigenvalue weighted by Crippen LogP contribution is -2.53. The molecule has 2 aliphatic carbocycles. The van der Waals surface area contributed by atoms with E-state index in [4.69, 9.17) is 0 Å². The maximum absolute atomic E-state index is 13.6. The highest BCUT2D eigenvalue weighted by Gasteiger charge is 2.37. The largest absolute Gasteiger partial charge is 0.352 e. The van der Waals surface area contributed by atoms with Gasteiger partial charge in [-0.1, -0.05) is 37.5 Å². The first-order valence-electron chi connectivity index (χ1n) is 13.8. The molecular weight excluding hydrogens is 482 g/mol. The number of nitrogens with one attached hydrogen (secondary N) is 3. The van der Waals surface area contributed by atoms with E-state index < -0.39 is 35.1 Å². The van der Waals surface area contributed by atoms with Gasteiger partial charge in [0, 0.05) is 41.1 Å². The van der Waals surface area contributed by atoms with Crippen molar-refractivity contribution < 1.29 is 24.0 Å². The average molecular weight is 522 g/mol. The third-order valence-electron chi connectivity index (χ3n) is 7.77. The number of ketones is 3. The summed E-state index contributed by atoms with van der Waals surface area (Å²) in [6.07, 6.45) is 5.63. The number of fused-ring (bicyclic) bond motifs is 1. The van der Waals surface area contributed by atoms with Crippen LogP contribution in [0.1, 0.15) is 89.0 Å². The Balaban J connectivity index is 1.51. The molecule has 3 atom stereocenters. The molecule has 0 saturated heterocycles. The molecule has 0 spiro atoms. The molecule has 0 bridgehead atoms. The van der Waals surface area contributed by atoms with Gasteiger partial charge in [-0.05, 0) is 64.5 Å². The van der Waals surface area contributed by atoms with E-state index in [1.807, 2.05) is 24.3 Å². The van der Waals surface area contributed by atoms with Gasteiger partial charge in [-0.3, -0.25) is 24.0 Å². The van der Waals surface area contributed by atoms with Crippen molar-refractivity contribution >= 4 is 40.1 Å². The van der Waals surface area contributed by atoms with Gasteiger partial charge in [-0.25, -0.2) is 0 Å². The lowest BCUT2D eigenvalue weighted by Gasteiger charge is -2.30. The van der Waals surface area contributed by atoms with Crippen LogP contribution in [0.4, 0.5) is 0 Å². The third kappa shape index (κ3) is 6.97. The van der Waals surface area contributed by atoms with E-state index in [2.05, 4.69) is 15.6 Å². The Labute approximate surface area is 223 Å². The highest BCUT2D eigenvalue weighted by molar-refractivity contribution is 6.38. The molecule has 8 nitrogen and oxygen atoms in total. The molecule has 2 fully saturated rings. The van der Waals surface area contributed by atoms with Gasteiger partial charge in [0.1, 0.15) is 5.78 Å². The van der Waals surface area contributed by atoms with Crippen LogP contribution in [0.5, 0.6) is 0 Å². The van der Waals surface area contributed by atoms with Gasteiger partial charge in [0.05, 0.1) is 11.7 Å². The Morgan fingerprint density at radius 1 is 1.03 bits per heavy atom. The fourth-order valence-electron chi connectivity index (χ4n) is 5.47. The molecular formula is C30H39N3O5. The zero-order valence-corrected chi connectivity index (χ0v) is 22.6. The maximum Gasteiger partial charge on any atom is 0.290 e. The van der Waals surface area contributed by atoms with Crippen molar-refractivity contribution in [3.05, 3.63) is 36.0 Å². The van der Waals surface area contributed by atoms with E-state index in [0.29, 0.717) is 30.9 Å². The highest BCUT2D eigenvalue weighted by atomic mass is 16.2. The van der Waals surface area contributed by atoms with Crippen molar-refractivity contribution in [2.45, 2.75) is 90.1 Å². The predicted molar refractivity (Wildman–Crippen MR) is 144 cm³/mol. The van der Waals surface area contributed by atoms with Crippen molar-refractivity contribution in [1.82, 2.24) is 15.6 Å². The van der Waals surface area contributed by atoms with Crippen LogP contribution in [0, 0.1) is 17.8 Å². The van der Waals surface area contributed by atoms with Gasteiger partial charge in [0.2, 0.25) is 11.7 Å². The number of amides is 2. The minimum absolute atomic E-state index is 0.00656. The minimum Gasteiger partial charge on any atom is -0.352 e. The van der Waals surface area contributed by atoms with Crippen molar-refractivity contribution in [3.63, 3.8) is 0 Å². The van der Waals surface area contributed by atoms with Gasteiger partial charge in [0.25, 0.3) is 5.91 Å². The van der Waals surface area contributed by atoms with E-state index in [9.17, 15) is 24.0 Å². The van der Waals surface area contributed by atoms with Crippen LogP contribution in [0.2, 0.25) is 0 Å². The predicted octanol–water partition coefficient (Wildman–Crippen LogP) is 4.28. The van der Waals surface area contributed by atoms with E-state index >= 15 is 0 Å². The zero-order valence-electron chi connectivity index (χ0n) is 22.6. The first-order valence-corrected chi connectivity index (χ1v) is 13.8. The normalized spacial score (nSPS) is 19.6. The van der Waals surface area contributed by atoms with E-state index in [0.717, 1.165) is 36.6 Å². The molecule has 1 aromatic carbocycles. The lowest BCUT2D eigenvalue weighted by atomic mass is 9.77. The Kier molecular flexibility index (Phi) is 8.48. The van der Waals surface area contributed by atoms with Gasteiger partial charge >= 0.3 is 0 Å². The summed E-state index contributed by atoms with van der Waals surface area (Å²) in [5, 5.41) is 6.40. The van der Waals surface area contributed by atoms with Crippen LogP contribution in [0.15, 0.2) is 30.3 Å². The first-order chi connectivity index (χ1) is 18.0. The Bertz CT molecular complexity index is 1190. The molecule has 4 rings (SSSR count). The van der Waals surface area contributed by atoms with Gasteiger partial charge in [0.15, 0.2) is 5.78 Å². The van der Waals surface area contributed by atoms with Crippen LogP contribution in [-0.4, -0.2) is 45.7 Å². The van der Waals surface area contributed by atoms with Crippen LogP contribution < -0.4 is 10.6 Å². The second-order valence-electron chi connectivity index (χ2n) is 12.0. The molecule has 0 radical (unpaired) electrons. The van der Waals surface area contributed by atoms with Crippen molar-refractivity contribution in [2.24, 2.45) is 17.8 Å². The quantitative estimate of drug-likeness (QED) is 0.301. The Morgan fingerprint density at radius 2 is 1.76 bits per heavy atom. The Hall–Kier alpha value is -3.29. The summed E-state index contributed by atoms with van der Waals surface area (Å²) in [6.45, 7) is 5.32. The van der Waals surface area contributed by atoms with E-state index in [1.165, 1.54) is 0 Å². The number of hydrogen-bond donors (Lipinski definition) is 3. The second-order valence-corrected chi connectivity index (χ2v) is 12.0. The molecule has 204 valence electrons. The fraction of sp³-hybridized carbons (Fsp3) is 0.567. The summed E-state index contributed by atoms with van der Waals surface area (Å²) in [4.78, 5) is 68.2. The first kappa shape index (κ1) is 27.7. The minimum atomic E-state index is -1.11. The molecule has 1 heterocycles. The highest BCUT2D eigenvalue weighted by Crippen LogP contribution is 2.34. The number of para-hydroxylation sites is 1. The SMILES string of the molecule is CC(C)(C)NC(=O)C(=O)[C@H](C[C@@H]1CCCC1=O)NC(=O)[C@@H](CC(=O)c1cc2ccccc2[nH]1)CC1CCC1. The summed E-state index contributed by atoms with van der Waals surface area (Å²) in [7, 11) is 0. The number of carbonyl (C=O) groups is 5. The van der Waals surface area contributed by atoms with Crippen LogP contribution in [-0.2, 0) is 19.2 Å². The van der Waals surface area contributed by atoms with Crippen LogP contribution >= 0.6 is 0 Å². The molecule has 3 N–H and O–H groups in total. The monoisotopic (exact) mass is 521 g/mol. The standard InChI is InChI=1S/C30H39N3O5/c1-30(2,3)33-29(38)27(36)24(16-20-11-7-13-25(20)34)32-28(37)21(14-18-8-6-9-18)17-26(35)23-15-19-10-4-5-12-22(19)31-23/h4-5,10,12,15,18,20-21,24,31H,6-9,11,13-14,16-17H2,1-3H3,(H,32,37)(H,33,38)/t20-,21+,24-/m0/s1. The Morgan fingerprint density at radius 3 is 2.37 bits per heavy atom. The number of aromatic amines is 1. The molecule has 0 aliphatic heterocycles. The number of rotatable bonds is 11. The second kappa shape index (κ2) is 11.6. The molecule has 2 saturated carbocycles. The number of hydrogen-bond acceptors (Lipinski definition) is 5. The fourth-order valence-corrected chi connectivity index (χ4v) is 5.47. The topological polar surface area (TPSA) is 125 Å². The molecule has 8 heteroatoms. The lowest BCUT2D eigenvalue weighted by molar-refractivity contribution is -0.142. The smallest absolute Gasteiger partial charge is 0.290 e. The van der Waals surface area contributed by atoms with Crippen molar-refractivity contribution in [1.29, 1.82) is 0 Å². The third-order valence-corrected chi connectivity index (χ3v) is 7.77. The van der Waals surface area contributed by atoms with Gasteiger partial charge in [-0.2, -0.15) is 0 Å². The van der Waals surface area contributed by atoms with E-state index in [-0.39, 0.29) is 30.3 Å². The maximum atomic E-state index is 13.6. The van der Waals surface area contributed by atoms with Crippen LogP contribution in [0.3, 0.4) is 0 Å². The summed E-state index contributed by atoms with van der Waals surface area (Å²) < 4.78 is 0. The van der Waals surface area contributed by atoms with Gasteiger partial charge < -0.3 is 15.6 Å². The molecule has 2 amide bonds. The zero-order chi connectivity index (χ0) is 27.4. The van der Waals surface area contributed by atoms with Crippen LogP contribution in [0.25, 0.3) is 10.9 Å². The van der Waals surface area contributed by atoms with E-state index in [1.54, 1.807) is 26.8 Å². The summed E-state index contributed by atoms with van der Waals surface area (Å²) in [5.41, 5.74) is 0.683.